The van der Waals surface area contributed by atoms with Gasteiger partial charge in [0.05, 0.1) is 21.3 Å². The van der Waals surface area contributed by atoms with Crippen molar-refractivity contribution in [2.24, 2.45) is 0 Å². The number of nitrogens with one attached hydrogen (secondary N) is 2. The standard InChI is InChI=1S/C21H24N2O7/c1-13(20(25)23-15-8-6-5-7-9-15)30-18(24)12-22-21(26)14-10-16(27-2)19(29-4)17(11-14)28-3/h5-11,13H,12H2,1-4H3,(H,22,26)(H,23,25). The van der Waals surface area contributed by atoms with Gasteiger partial charge in [0, 0.05) is 11.3 Å². The van der Waals surface area contributed by atoms with E-state index in [9.17, 15) is 14.4 Å². The molecule has 0 heterocycles. The molecule has 2 aromatic rings. The molecule has 2 rings (SSSR count). The molecule has 2 aromatic carbocycles. The summed E-state index contributed by atoms with van der Waals surface area (Å²) in [4.78, 5) is 36.5. The number of carbonyl (C=O) groups is 3. The third-order valence-corrected chi connectivity index (χ3v) is 4.04. The molecule has 0 aromatic heterocycles. The number of rotatable bonds is 9. The summed E-state index contributed by atoms with van der Waals surface area (Å²) in [7, 11) is 4.31. The molecule has 1 atom stereocenters. The van der Waals surface area contributed by atoms with Gasteiger partial charge in [0.25, 0.3) is 11.8 Å². The average molecular weight is 416 g/mol. The van der Waals surface area contributed by atoms with Crippen LogP contribution in [-0.4, -0.2) is 51.8 Å². The van der Waals surface area contributed by atoms with Gasteiger partial charge in [0.1, 0.15) is 6.54 Å². The Kier molecular flexibility index (Phi) is 8.04. The lowest BCUT2D eigenvalue weighted by Crippen LogP contribution is -2.35. The summed E-state index contributed by atoms with van der Waals surface area (Å²) < 4.78 is 20.7. The lowest BCUT2D eigenvalue weighted by atomic mass is 10.1. The van der Waals surface area contributed by atoms with Crippen LogP contribution in [0.15, 0.2) is 42.5 Å². The zero-order valence-corrected chi connectivity index (χ0v) is 17.2. The maximum atomic E-state index is 12.4. The van der Waals surface area contributed by atoms with Crippen molar-refractivity contribution in [3.8, 4) is 17.2 Å². The maximum Gasteiger partial charge on any atom is 0.326 e. The number of methoxy groups -OCH3 is 3. The van der Waals surface area contributed by atoms with Gasteiger partial charge >= 0.3 is 5.97 Å². The lowest BCUT2D eigenvalue weighted by molar-refractivity contribution is -0.152. The van der Waals surface area contributed by atoms with Crippen molar-refractivity contribution >= 4 is 23.5 Å². The first-order valence-electron chi connectivity index (χ1n) is 9.03. The first-order valence-corrected chi connectivity index (χ1v) is 9.03. The Morgan fingerprint density at radius 2 is 1.53 bits per heavy atom. The highest BCUT2D eigenvalue weighted by Crippen LogP contribution is 2.38. The molecule has 0 spiro atoms. The van der Waals surface area contributed by atoms with Crippen LogP contribution in [0.2, 0.25) is 0 Å². The molecule has 0 aliphatic heterocycles. The van der Waals surface area contributed by atoms with Crippen LogP contribution in [0.5, 0.6) is 17.2 Å². The van der Waals surface area contributed by atoms with Gasteiger partial charge < -0.3 is 29.6 Å². The molecule has 0 saturated carbocycles. The average Bonchev–Trinajstić information content (AvgIpc) is 2.76. The zero-order chi connectivity index (χ0) is 22.1. The third-order valence-electron chi connectivity index (χ3n) is 4.04. The number of hydrogen-bond acceptors (Lipinski definition) is 7. The second-order valence-electron chi connectivity index (χ2n) is 6.08. The minimum atomic E-state index is -1.03. The van der Waals surface area contributed by atoms with Gasteiger partial charge in [-0.25, -0.2) is 0 Å². The van der Waals surface area contributed by atoms with Gasteiger partial charge in [0.2, 0.25) is 5.75 Å². The summed E-state index contributed by atoms with van der Waals surface area (Å²) in [5, 5.41) is 5.07. The molecular formula is C21H24N2O7. The molecule has 30 heavy (non-hydrogen) atoms. The van der Waals surface area contributed by atoms with Crippen LogP contribution in [0.3, 0.4) is 0 Å². The fourth-order valence-corrected chi connectivity index (χ4v) is 2.52. The summed E-state index contributed by atoms with van der Waals surface area (Å²) in [5.74, 6) is -0.842. The Hall–Kier alpha value is -3.75. The van der Waals surface area contributed by atoms with Gasteiger partial charge in [-0.15, -0.1) is 0 Å². The Morgan fingerprint density at radius 1 is 0.933 bits per heavy atom. The van der Waals surface area contributed by atoms with Gasteiger partial charge in [-0.1, -0.05) is 18.2 Å². The molecule has 0 saturated heterocycles. The molecular weight excluding hydrogens is 392 g/mol. The number of amides is 2. The van der Waals surface area contributed by atoms with E-state index in [0.717, 1.165) is 0 Å². The number of carbonyl (C=O) groups excluding carboxylic acids is 3. The van der Waals surface area contributed by atoms with Crippen molar-refractivity contribution in [2.45, 2.75) is 13.0 Å². The monoisotopic (exact) mass is 416 g/mol. The van der Waals surface area contributed by atoms with E-state index in [1.165, 1.54) is 40.4 Å². The van der Waals surface area contributed by atoms with Gasteiger partial charge in [-0.05, 0) is 31.2 Å². The number of esters is 1. The van der Waals surface area contributed by atoms with Gasteiger partial charge in [0.15, 0.2) is 17.6 Å². The van der Waals surface area contributed by atoms with Crippen LogP contribution in [0.1, 0.15) is 17.3 Å². The fraction of sp³-hybridized carbons (Fsp3) is 0.286. The number of para-hydroxylation sites is 1. The smallest absolute Gasteiger partial charge is 0.326 e. The molecule has 0 aliphatic rings. The number of ether oxygens (including phenoxy) is 4. The van der Waals surface area contributed by atoms with E-state index in [4.69, 9.17) is 18.9 Å². The van der Waals surface area contributed by atoms with E-state index in [-0.39, 0.29) is 5.56 Å². The minimum Gasteiger partial charge on any atom is -0.493 e. The summed E-state index contributed by atoms with van der Waals surface area (Å²) >= 11 is 0. The maximum absolute atomic E-state index is 12.4. The van der Waals surface area contributed by atoms with Crippen molar-refractivity contribution in [3.05, 3.63) is 48.0 Å². The summed E-state index contributed by atoms with van der Waals surface area (Å²) in [6, 6.07) is 11.7. The Labute approximate surface area is 174 Å². The zero-order valence-electron chi connectivity index (χ0n) is 17.2. The number of anilines is 1. The topological polar surface area (TPSA) is 112 Å². The predicted molar refractivity (Wildman–Crippen MR) is 109 cm³/mol. The summed E-state index contributed by atoms with van der Waals surface area (Å²) in [6.45, 7) is 1.02. The van der Waals surface area contributed by atoms with Crippen LogP contribution in [0, 0.1) is 0 Å². The van der Waals surface area contributed by atoms with Crippen LogP contribution < -0.4 is 24.8 Å². The molecule has 2 amide bonds. The highest BCUT2D eigenvalue weighted by atomic mass is 16.5. The van der Waals surface area contributed by atoms with Crippen LogP contribution >= 0.6 is 0 Å². The molecule has 0 bridgehead atoms. The van der Waals surface area contributed by atoms with Crippen LogP contribution in [0.4, 0.5) is 5.69 Å². The Bertz CT molecular complexity index is 874. The first kappa shape index (κ1) is 22.5. The van der Waals surface area contributed by atoms with E-state index in [1.807, 2.05) is 6.07 Å². The molecule has 9 nitrogen and oxygen atoms in total. The van der Waals surface area contributed by atoms with E-state index >= 15 is 0 Å². The van der Waals surface area contributed by atoms with Crippen molar-refractivity contribution in [2.75, 3.05) is 33.2 Å². The molecule has 0 fully saturated rings. The number of hydrogen-bond donors (Lipinski definition) is 2. The van der Waals surface area contributed by atoms with E-state index in [2.05, 4.69) is 10.6 Å². The Balaban J connectivity index is 1.92. The second-order valence-corrected chi connectivity index (χ2v) is 6.08. The quantitative estimate of drug-likeness (QED) is 0.602. The Morgan fingerprint density at radius 3 is 2.07 bits per heavy atom. The highest BCUT2D eigenvalue weighted by Gasteiger charge is 2.20. The van der Waals surface area contributed by atoms with E-state index in [0.29, 0.717) is 22.9 Å². The number of benzene rings is 2. The molecule has 160 valence electrons. The van der Waals surface area contributed by atoms with E-state index in [1.54, 1.807) is 24.3 Å². The molecule has 9 heteroatoms. The highest BCUT2D eigenvalue weighted by molar-refractivity contribution is 5.98. The summed E-state index contributed by atoms with van der Waals surface area (Å²) in [6.07, 6.45) is -1.03. The molecule has 0 radical (unpaired) electrons. The van der Waals surface area contributed by atoms with Crippen molar-refractivity contribution in [3.63, 3.8) is 0 Å². The third kappa shape index (κ3) is 5.87. The molecule has 2 N–H and O–H groups in total. The predicted octanol–water partition coefficient (Wildman–Crippen LogP) is 2.01. The largest absolute Gasteiger partial charge is 0.493 e. The van der Waals surface area contributed by atoms with Crippen molar-refractivity contribution in [1.29, 1.82) is 0 Å². The van der Waals surface area contributed by atoms with Crippen molar-refractivity contribution in [1.82, 2.24) is 5.32 Å². The summed E-state index contributed by atoms with van der Waals surface area (Å²) in [5.41, 5.74) is 0.785. The first-order chi connectivity index (χ1) is 14.4. The normalized spacial score (nSPS) is 11.1. The minimum absolute atomic E-state index is 0.201. The SMILES string of the molecule is COc1cc(C(=O)NCC(=O)OC(C)C(=O)Nc2ccccc2)cc(OC)c1OC. The fourth-order valence-electron chi connectivity index (χ4n) is 2.52. The van der Waals surface area contributed by atoms with Crippen molar-refractivity contribution < 1.29 is 33.3 Å². The van der Waals surface area contributed by atoms with Gasteiger partial charge in [-0.2, -0.15) is 0 Å². The molecule has 0 aliphatic carbocycles. The molecule has 1 unspecified atom stereocenters. The van der Waals surface area contributed by atoms with Gasteiger partial charge in [-0.3, -0.25) is 14.4 Å². The lowest BCUT2D eigenvalue weighted by Gasteiger charge is -2.15. The van der Waals surface area contributed by atoms with E-state index < -0.39 is 30.4 Å². The second kappa shape index (κ2) is 10.7. The van der Waals surface area contributed by atoms with Crippen LogP contribution in [-0.2, 0) is 14.3 Å². The van der Waals surface area contributed by atoms with Crippen LogP contribution in [0.25, 0.3) is 0 Å².